The SMILES string of the molecule is CC(C)N1CCOC(CNCC2(CCCl)CC2)C1. The second-order valence-electron chi connectivity index (χ2n) is 6.15. The molecule has 0 aromatic heterocycles. The summed E-state index contributed by atoms with van der Waals surface area (Å²) in [6.07, 6.45) is 4.20. The van der Waals surface area contributed by atoms with Crippen molar-refractivity contribution < 1.29 is 4.74 Å². The fraction of sp³-hybridized carbons (Fsp3) is 1.00. The van der Waals surface area contributed by atoms with Gasteiger partial charge in [-0.1, -0.05) is 0 Å². The van der Waals surface area contributed by atoms with Gasteiger partial charge in [0.25, 0.3) is 0 Å². The van der Waals surface area contributed by atoms with Gasteiger partial charge in [-0.25, -0.2) is 0 Å². The topological polar surface area (TPSA) is 24.5 Å². The van der Waals surface area contributed by atoms with E-state index in [9.17, 15) is 0 Å². The highest BCUT2D eigenvalue weighted by Crippen LogP contribution is 2.48. The van der Waals surface area contributed by atoms with Gasteiger partial charge in [-0.05, 0) is 38.5 Å². The van der Waals surface area contributed by atoms with Crippen LogP contribution in [0.25, 0.3) is 0 Å². The van der Waals surface area contributed by atoms with Crippen molar-refractivity contribution in [3.63, 3.8) is 0 Å². The molecule has 0 aromatic carbocycles. The lowest BCUT2D eigenvalue weighted by molar-refractivity contribution is -0.0374. The van der Waals surface area contributed by atoms with E-state index in [-0.39, 0.29) is 0 Å². The normalized spacial score (nSPS) is 27.7. The molecule has 106 valence electrons. The van der Waals surface area contributed by atoms with Crippen molar-refractivity contribution in [2.45, 2.75) is 45.3 Å². The zero-order valence-electron chi connectivity index (χ0n) is 11.8. The third kappa shape index (κ3) is 4.09. The number of halogens is 1. The average Bonchev–Trinajstić information content (AvgIpc) is 3.10. The zero-order valence-corrected chi connectivity index (χ0v) is 12.5. The van der Waals surface area contributed by atoms with Crippen LogP contribution in [-0.2, 0) is 4.74 Å². The van der Waals surface area contributed by atoms with E-state index >= 15 is 0 Å². The van der Waals surface area contributed by atoms with Crippen LogP contribution < -0.4 is 5.32 Å². The third-order valence-electron chi connectivity index (χ3n) is 4.35. The molecule has 1 unspecified atom stereocenters. The summed E-state index contributed by atoms with van der Waals surface area (Å²) in [5.74, 6) is 0.794. The first-order valence-corrected chi connectivity index (χ1v) is 7.81. The highest BCUT2D eigenvalue weighted by molar-refractivity contribution is 6.17. The van der Waals surface area contributed by atoms with Crippen LogP contribution in [0.3, 0.4) is 0 Å². The molecule has 0 radical (unpaired) electrons. The fourth-order valence-corrected chi connectivity index (χ4v) is 3.13. The number of hydrogen-bond donors (Lipinski definition) is 1. The van der Waals surface area contributed by atoms with Gasteiger partial charge in [0.2, 0.25) is 0 Å². The molecule has 4 heteroatoms. The summed E-state index contributed by atoms with van der Waals surface area (Å²) in [6.45, 7) is 9.62. The Kier molecular flexibility index (Phi) is 5.31. The highest BCUT2D eigenvalue weighted by atomic mass is 35.5. The standard InChI is InChI=1S/C14H27ClN2O/c1-12(2)17-7-8-18-13(10-17)9-16-11-14(3-4-14)5-6-15/h12-13,16H,3-11H2,1-2H3. The number of ether oxygens (including phenoxy) is 1. The van der Waals surface area contributed by atoms with Crippen LogP contribution in [0.5, 0.6) is 0 Å². The maximum absolute atomic E-state index is 5.85. The van der Waals surface area contributed by atoms with Crippen molar-refractivity contribution in [3.8, 4) is 0 Å². The minimum atomic E-state index is 0.355. The molecule has 2 fully saturated rings. The van der Waals surface area contributed by atoms with E-state index in [1.165, 1.54) is 12.8 Å². The van der Waals surface area contributed by atoms with Crippen molar-refractivity contribution in [2.24, 2.45) is 5.41 Å². The van der Waals surface area contributed by atoms with E-state index in [2.05, 4.69) is 24.1 Å². The molecule has 1 aliphatic heterocycles. The summed E-state index contributed by atoms with van der Waals surface area (Å²) in [6, 6.07) is 0.627. The summed E-state index contributed by atoms with van der Waals surface area (Å²) >= 11 is 5.85. The van der Waals surface area contributed by atoms with Gasteiger partial charge in [-0.3, -0.25) is 4.90 Å². The Morgan fingerprint density at radius 3 is 2.83 bits per heavy atom. The largest absolute Gasteiger partial charge is 0.374 e. The molecule has 18 heavy (non-hydrogen) atoms. The maximum atomic E-state index is 5.85. The Balaban J connectivity index is 1.64. The molecule has 1 atom stereocenters. The van der Waals surface area contributed by atoms with Crippen LogP contribution >= 0.6 is 11.6 Å². The summed E-state index contributed by atoms with van der Waals surface area (Å²) in [5.41, 5.74) is 0.522. The van der Waals surface area contributed by atoms with Crippen molar-refractivity contribution in [2.75, 3.05) is 38.7 Å². The second kappa shape index (κ2) is 6.56. The molecule has 0 spiro atoms. The van der Waals surface area contributed by atoms with Gasteiger partial charge in [0.05, 0.1) is 12.7 Å². The molecule has 2 aliphatic rings. The quantitative estimate of drug-likeness (QED) is 0.720. The van der Waals surface area contributed by atoms with Crippen LogP contribution in [0.4, 0.5) is 0 Å². The van der Waals surface area contributed by atoms with Crippen LogP contribution in [0, 0.1) is 5.41 Å². The number of rotatable bonds is 7. The van der Waals surface area contributed by atoms with E-state index in [0.717, 1.165) is 45.1 Å². The first-order chi connectivity index (χ1) is 8.65. The van der Waals surface area contributed by atoms with Gasteiger partial charge >= 0.3 is 0 Å². The van der Waals surface area contributed by atoms with Gasteiger partial charge in [0, 0.05) is 38.1 Å². The fourth-order valence-electron chi connectivity index (χ4n) is 2.73. The Bertz CT molecular complexity index is 256. The van der Waals surface area contributed by atoms with E-state index in [4.69, 9.17) is 16.3 Å². The first-order valence-electron chi connectivity index (χ1n) is 7.27. The van der Waals surface area contributed by atoms with E-state index in [1.54, 1.807) is 0 Å². The van der Waals surface area contributed by atoms with Gasteiger partial charge < -0.3 is 10.1 Å². The molecule has 3 nitrogen and oxygen atoms in total. The Morgan fingerprint density at radius 2 is 2.22 bits per heavy atom. The van der Waals surface area contributed by atoms with E-state index < -0.39 is 0 Å². The smallest absolute Gasteiger partial charge is 0.0826 e. The van der Waals surface area contributed by atoms with Crippen LogP contribution in [0.15, 0.2) is 0 Å². The van der Waals surface area contributed by atoms with E-state index in [1.807, 2.05) is 0 Å². The second-order valence-corrected chi connectivity index (χ2v) is 6.53. The molecule has 0 amide bonds. The third-order valence-corrected chi connectivity index (χ3v) is 4.54. The number of nitrogens with one attached hydrogen (secondary N) is 1. The van der Waals surface area contributed by atoms with Crippen LogP contribution in [0.1, 0.15) is 33.1 Å². The number of hydrogen-bond acceptors (Lipinski definition) is 3. The van der Waals surface area contributed by atoms with Gasteiger partial charge in [-0.2, -0.15) is 0 Å². The Hall–Kier alpha value is 0.170. The van der Waals surface area contributed by atoms with Crippen molar-refractivity contribution >= 4 is 11.6 Å². The average molecular weight is 275 g/mol. The molecule has 1 aliphatic carbocycles. The zero-order chi connectivity index (χ0) is 13.0. The minimum absolute atomic E-state index is 0.355. The van der Waals surface area contributed by atoms with Crippen molar-refractivity contribution in [1.29, 1.82) is 0 Å². The summed E-state index contributed by atoms with van der Waals surface area (Å²) < 4.78 is 5.82. The van der Waals surface area contributed by atoms with Gasteiger partial charge in [-0.15, -0.1) is 11.6 Å². The van der Waals surface area contributed by atoms with Crippen molar-refractivity contribution in [1.82, 2.24) is 10.2 Å². The van der Waals surface area contributed by atoms with Gasteiger partial charge in [0.15, 0.2) is 0 Å². The molecular weight excluding hydrogens is 248 g/mol. The molecular formula is C14H27ClN2O. The number of alkyl halides is 1. The molecule has 0 bridgehead atoms. The highest BCUT2D eigenvalue weighted by Gasteiger charge is 2.41. The predicted molar refractivity (Wildman–Crippen MR) is 76.3 cm³/mol. The lowest BCUT2D eigenvalue weighted by Crippen LogP contribution is -2.49. The molecule has 1 heterocycles. The summed E-state index contributed by atoms with van der Waals surface area (Å²) in [5, 5.41) is 3.59. The number of morpholine rings is 1. The molecule has 1 saturated carbocycles. The molecule has 1 N–H and O–H groups in total. The number of nitrogens with zero attached hydrogens (tertiary/aromatic N) is 1. The maximum Gasteiger partial charge on any atom is 0.0826 e. The van der Waals surface area contributed by atoms with Gasteiger partial charge in [0.1, 0.15) is 0 Å². The molecule has 2 rings (SSSR count). The van der Waals surface area contributed by atoms with Crippen molar-refractivity contribution in [3.05, 3.63) is 0 Å². The van der Waals surface area contributed by atoms with Crippen LogP contribution in [-0.4, -0.2) is 55.7 Å². The monoisotopic (exact) mass is 274 g/mol. The van der Waals surface area contributed by atoms with E-state index in [0.29, 0.717) is 17.6 Å². The molecule has 0 aromatic rings. The first kappa shape index (κ1) is 14.6. The Morgan fingerprint density at radius 1 is 1.44 bits per heavy atom. The Labute approximate surface area is 116 Å². The lowest BCUT2D eigenvalue weighted by Gasteiger charge is -2.35. The van der Waals surface area contributed by atoms with Crippen LogP contribution in [0.2, 0.25) is 0 Å². The minimum Gasteiger partial charge on any atom is -0.374 e. The lowest BCUT2D eigenvalue weighted by atomic mass is 10.0. The molecule has 1 saturated heterocycles. The summed E-state index contributed by atoms with van der Waals surface area (Å²) in [4.78, 5) is 2.50. The predicted octanol–water partition coefficient (Wildman–Crippen LogP) is 2.09. The summed E-state index contributed by atoms with van der Waals surface area (Å²) in [7, 11) is 0.